The predicted octanol–water partition coefficient (Wildman–Crippen LogP) is 3.78. The van der Waals surface area contributed by atoms with Gasteiger partial charge >= 0.3 is 18.1 Å². The second-order valence-corrected chi connectivity index (χ2v) is 12.0. The van der Waals surface area contributed by atoms with Gasteiger partial charge in [0.15, 0.2) is 11.9 Å². The van der Waals surface area contributed by atoms with Crippen LogP contribution < -0.4 is 16.0 Å². The van der Waals surface area contributed by atoms with Crippen LogP contribution in [0.15, 0.2) is 4.52 Å². The fourth-order valence-corrected chi connectivity index (χ4v) is 2.80. The minimum atomic E-state index is -1.04. The van der Waals surface area contributed by atoms with Crippen molar-refractivity contribution < 1.29 is 37.9 Å². The predicted molar refractivity (Wildman–Crippen MR) is 143 cm³/mol. The van der Waals surface area contributed by atoms with Gasteiger partial charge < -0.3 is 39.4 Å². The number of carbonyl (C=O) groups is 3. The highest BCUT2D eigenvalue weighted by Crippen LogP contribution is 2.14. The second-order valence-electron chi connectivity index (χ2n) is 12.0. The van der Waals surface area contributed by atoms with Crippen LogP contribution in [0, 0.1) is 0 Å². The van der Waals surface area contributed by atoms with Gasteiger partial charge in [0.25, 0.3) is 0 Å². The van der Waals surface area contributed by atoms with E-state index < -0.39 is 47.0 Å². The summed E-state index contributed by atoms with van der Waals surface area (Å²) in [6.45, 7) is 18.4. The largest absolute Gasteiger partial charge is 0.458 e. The number of rotatable bonds is 13. The number of urea groups is 1. The molecule has 0 spiro atoms. The zero-order chi connectivity index (χ0) is 29.9. The lowest BCUT2D eigenvalue weighted by atomic mass is 10.1. The summed E-state index contributed by atoms with van der Waals surface area (Å²) in [6.07, 6.45) is 1.17. The molecule has 2 atom stereocenters. The Labute approximate surface area is 231 Å². The van der Waals surface area contributed by atoms with Crippen molar-refractivity contribution in [1.82, 2.24) is 26.1 Å². The van der Waals surface area contributed by atoms with Crippen molar-refractivity contribution >= 4 is 18.1 Å². The monoisotopic (exact) mass is 557 g/mol. The standard InChI is InChI=1S/C26H47N5O8/c1-11-12-13-35-15-17(29-23(34)38-26(8,9)10)20-30-19(39-31-20)14-27-22(33)28-18(16-36-24(2,3)4)21(32)37-25(5,6)7/h17-18H,11-16H2,1-10H3,(H,29,34)(H2,27,28,33). The number of esters is 1. The minimum Gasteiger partial charge on any atom is -0.458 e. The average molecular weight is 558 g/mol. The zero-order valence-corrected chi connectivity index (χ0v) is 25.1. The number of nitrogens with zero attached hydrogens (tertiary/aromatic N) is 2. The first-order valence-electron chi connectivity index (χ1n) is 13.2. The fraction of sp³-hybridized carbons (Fsp3) is 0.808. The Hall–Kier alpha value is -2.93. The molecule has 0 radical (unpaired) electrons. The second kappa shape index (κ2) is 15.0. The van der Waals surface area contributed by atoms with Gasteiger partial charge in [0.05, 0.1) is 25.4 Å². The van der Waals surface area contributed by atoms with E-state index in [0.717, 1.165) is 12.8 Å². The normalized spacial score (nSPS) is 13.8. The highest BCUT2D eigenvalue weighted by molar-refractivity contribution is 5.83. The number of ether oxygens (including phenoxy) is 4. The Bertz CT molecular complexity index is 915. The van der Waals surface area contributed by atoms with E-state index in [2.05, 4.69) is 26.1 Å². The molecule has 3 amide bonds. The van der Waals surface area contributed by atoms with Crippen molar-refractivity contribution in [1.29, 1.82) is 0 Å². The molecule has 0 aliphatic carbocycles. The minimum absolute atomic E-state index is 0.0768. The smallest absolute Gasteiger partial charge is 0.408 e. The van der Waals surface area contributed by atoms with E-state index in [1.165, 1.54) is 0 Å². The lowest BCUT2D eigenvalue weighted by Gasteiger charge is -2.27. The molecule has 0 fully saturated rings. The molecule has 1 heterocycles. The molecule has 13 heteroatoms. The molecule has 1 rings (SSSR count). The van der Waals surface area contributed by atoms with Crippen LogP contribution in [0.2, 0.25) is 0 Å². The molecule has 0 saturated carbocycles. The van der Waals surface area contributed by atoms with Gasteiger partial charge in [-0.05, 0) is 68.7 Å². The first kappa shape index (κ1) is 34.1. The molecule has 1 aromatic heterocycles. The van der Waals surface area contributed by atoms with Crippen molar-refractivity contribution in [3.63, 3.8) is 0 Å². The van der Waals surface area contributed by atoms with Crippen LogP contribution in [-0.4, -0.2) is 70.9 Å². The Morgan fingerprint density at radius 1 is 0.897 bits per heavy atom. The maximum atomic E-state index is 12.6. The molecule has 1 aromatic rings. The van der Waals surface area contributed by atoms with E-state index in [9.17, 15) is 14.4 Å². The highest BCUT2D eigenvalue weighted by Gasteiger charge is 2.29. The van der Waals surface area contributed by atoms with E-state index in [-0.39, 0.29) is 31.5 Å². The SMILES string of the molecule is CCCCOCC(NC(=O)OC(C)(C)C)c1noc(CNC(=O)NC(COC(C)(C)C)C(=O)OC(C)(C)C)n1. The van der Waals surface area contributed by atoms with Crippen LogP contribution in [0.3, 0.4) is 0 Å². The molecule has 39 heavy (non-hydrogen) atoms. The number of hydrogen-bond acceptors (Lipinski definition) is 10. The lowest BCUT2D eigenvalue weighted by molar-refractivity contribution is -0.160. The number of unbranched alkanes of at least 4 members (excludes halogenated alkanes) is 1. The Morgan fingerprint density at radius 3 is 2.10 bits per heavy atom. The fourth-order valence-electron chi connectivity index (χ4n) is 2.80. The molecule has 0 saturated heterocycles. The third-order valence-electron chi connectivity index (χ3n) is 4.49. The molecule has 2 unspecified atom stereocenters. The summed E-state index contributed by atoms with van der Waals surface area (Å²) in [5, 5.41) is 11.8. The average Bonchev–Trinajstić information content (AvgIpc) is 3.23. The summed E-state index contributed by atoms with van der Waals surface area (Å²) in [5.74, 6) is -0.370. The van der Waals surface area contributed by atoms with Crippen molar-refractivity contribution in [2.45, 2.75) is 118 Å². The summed E-state index contributed by atoms with van der Waals surface area (Å²) in [4.78, 5) is 41.8. The number of hydrogen-bond donors (Lipinski definition) is 3. The van der Waals surface area contributed by atoms with Crippen LogP contribution in [0.25, 0.3) is 0 Å². The van der Waals surface area contributed by atoms with Crippen LogP contribution in [-0.2, 0) is 30.3 Å². The maximum Gasteiger partial charge on any atom is 0.408 e. The van der Waals surface area contributed by atoms with E-state index in [0.29, 0.717) is 6.61 Å². The van der Waals surface area contributed by atoms with Crippen LogP contribution in [0.4, 0.5) is 9.59 Å². The van der Waals surface area contributed by atoms with Gasteiger partial charge in [-0.3, -0.25) is 0 Å². The van der Waals surface area contributed by atoms with Crippen molar-refractivity contribution in [3.05, 3.63) is 11.7 Å². The van der Waals surface area contributed by atoms with Crippen molar-refractivity contribution in [2.75, 3.05) is 19.8 Å². The molecule has 0 bridgehead atoms. The Kier molecular flexibility index (Phi) is 13.1. The highest BCUT2D eigenvalue weighted by atomic mass is 16.6. The van der Waals surface area contributed by atoms with Crippen LogP contribution in [0.5, 0.6) is 0 Å². The number of amides is 3. The van der Waals surface area contributed by atoms with Gasteiger partial charge in [0.2, 0.25) is 5.89 Å². The van der Waals surface area contributed by atoms with Gasteiger partial charge in [-0.15, -0.1) is 0 Å². The summed E-state index contributed by atoms with van der Waals surface area (Å²) < 4.78 is 27.3. The van der Waals surface area contributed by atoms with Crippen LogP contribution in [0.1, 0.15) is 99.8 Å². The summed E-state index contributed by atoms with van der Waals surface area (Å²) >= 11 is 0. The topological polar surface area (TPSA) is 163 Å². The van der Waals surface area contributed by atoms with Crippen molar-refractivity contribution in [2.24, 2.45) is 0 Å². The van der Waals surface area contributed by atoms with Gasteiger partial charge in [0.1, 0.15) is 17.2 Å². The molecular weight excluding hydrogens is 510 g/mol. The van der Waals surface area contributed by atoms with E-state index in [1.807, 2.05) is 27.7 Å². The van der Waals surface area contributed by atoms with Crippen LogP contribution >= 0.6 is 0 Å². The molecular formula is C26H47N5O8. The van der Waals surface area contributed by atoms with E-state index >= 15 is 0 Å². The maximum absolute atomic E-state index is 12.6. The molecule has 0 aromatic carbocycles. The third-order valence-corrected chi connectivity index (χ3v) is 4.49. The third kappa shape index (κ3) is 15.9. The van der Waals surface area contributed by atoms with Gasteiger partial charge in [-0.1, -0.05) is 18.5 Å². The molecule has 13 nitrogen and oxygen atoms in total. The molecule has 0 aliphatic rings. The molecule has 3 N–H and O–H groups in total. The number of nitrogens with one attached hydrogen (secondary N) is 3. The Balaban J connectivity index is 2.83. The first-order valence-corrected chi connectivity index (χ1v) is 13.2. The zero-order valence-electron chi connectivity index (χ0n) is 25.1. The van der Waals surface area contributed by atoms with Crippen molar-refractivity contribution in [3.8, 4) is 0 Å². The van der Waals surface area contributed by atoms with E-state index in [4.69, 9.17) is 23.5 Å². The number of carbonyl (C=O) groups excluding carboxylic acids is 3. The van der Waals surface area contributed by atoms with Gasteiger partial charge in [0, 0.05) is 6.61 Å². The summed E-state index contributed by atoms with van der Waals surface area (Å²) in [6, 6.07) is -2.42. The number of alkyl carbamates (subject to hydrolysis) is 1. The van der Waals surface area contributed by atoms with Gasteiger partial charge in [-0.2, -0.15) is 4.98 Å². The van der Waals surface area contributed by atoms with E-state index in [1.54, 1.807) is 41.5 Å². The molecule has 224 valence electrons. The number of aromatic nitrogens is 2. The quantitative estimate of drug-likeness (QED) is 0.240. The Morgan fingerprint density at radius 2 is 1.54 bits per heavy atom. The summed E-state index contributed by atoms with van der Waals surface area (Å²) in [5.41, 5.74) is -1.95. The molecule has 0 aliphatic heterocycles. The summed E-state index contributed by atoms with van der Waals surface area (Å²) in [7, 11) is 0. The first-order chi connectivity index (χ1) is 17.9. The van der Waals surface area contributed by atoms with Gasteiger partial charge in [-0.25, -0.2) is 14.4 Å². The lowest BCUT2D eigenvalue weighted by Crippen LogP contribution is -2.51.